The van der Waals surface area contributed by atoms with Crippen LogP contribution in [0.1, 0.15) is 56.3 Å². The fourth-order valence-corrected chi connectivity index (χ4v) is 3.08. The third kappa shape index (κ3) is 3.69. The van der Waals surface area contributed by atoms with Gasteiger partial charge in [0.15, 0.2) is 0 Å². The molecule has 0 amide bonds. The van der Waals surface area contributed by atoms with Crippen LogP contribution in [-0.4, -0.2) is 25.2 Å². The molecule has 0 radical (unpaired) electrons. The van der Waals surface area contributed by atoms with Gasteiger partial charge in [-0.25, -0.2) is 4.79 Å². The highest BCUT2D eigenvalue weighted by Crippen LogP contribution is 2.32. The first-order valence-electron chi connectivity index (χ1n) is 8.00. The molecule has 0 aromatic heterocycles. The van der Waals surface area contributed by atoms with E-state index < -0.39 is 0 Å². The summed E-state index contributed by atoms with van der Waals surface area (Å²) in [4.78, 5) is 14.3. The zero-order chi connectivity index (χ0) is 15.2. The molecule has 1 heterocycles. The van der Waals surface area contributed by atoms with Crippen molar-refractivity contribution in [1.29, 1.82) is 0 Å². The molecule has 1 fully saturated rings. The van der Waals surface area contributed by atoms with Crippen LogP contribution in [0.15, 0.2) is 18.2 Å². The number of nitrogens with two attached hydrogens (primary N) is 1. The number of nitrogen functional groups attached to an aromatic ring is 1. The normalized spacial score (nSPS) is 18.6. The lowest BCUT2D eigenvalue weighted by molar-refractivity contribution is 0.0526. The molecule has 1 atom stereocenters. The van der Waals surface area contributed by atoms with Crippen LogP contribution < -0.4 is 10.6 Å². The molecule has 1 aliphatic rings. The largest absolute Gasteiger partial charge is 0.462 e. The predicted octanol–water partition coefficient (Wildman–Crippen LogP) is 3.60. The predicted molar refractivity (Wildman–Crippen MR) is 86.7 cm³/mol. The Kier molecular flexibility index (Phi) is 5.48. The van der Waals surface area contributed by atoms with Crippen molar-refractivity contribution in [1.82, 2.24) is 0 Å². The highest BCUT2D eigenvalue weighted by atomic mass is 16.5. The molecule has 1 unspecified atom stereocenters. The van der Waals surface area contributed by atoms with Gasteiger partial charge in [0.1, 0.15) is 0 Å². The molecule has 4 heteroatoms. The Bertz CT molecular complexity index is 486. The third-order valence-corrected chi connectivity index (χ3v) is 4.10. The average molecular weight is 290 g/mol. The first kappa shape index (κ1) is 15.7. The molecular weight excluding hydrogens is 264 g/mol. The van der Waals surface area contributed by atoms with Crippen LogP contribution in [0.5, 0.6) is 0 Å². The second-order valence-corrected chi connectivity index (χ2v) is 5.63. The Morgan fingerprint density at radius 3 is 2.90 bits per heavy atom. The van der Waals surface area contributed by atoms with E-state index >= 15 is 0 Å². The Hall–Kier alpha value is -1.71. The number of carbonyl (C=O) groups is 1. The molecule has 0 spiro atoms. The van der Waals surface area contributed by atoms with Gasteiger partial charge in [0.05, 0.1) is 23.5 Å². The zero-order valence-corrected chi connectivity index (χ0v) is 13.1. The first-order valence-corrected chi connectivity index (χ1v) is 8.00. The number of anilines is 2. The molecule has 0 saturated carbocycles. The molecule has 1 aromatic rings. The summed E-state index contributed by atoms with van der Waals surface area (Å²) in [6.07, 6.45) is 6.00. The van der Waals surface area contributed by atoms with Crippen LogP contribution in [0, 0.1) is 0 Å². The van der Waals surface area contributed by atoms with Gasteiger partial charge in [-0.3, -0.25) is 0 Å². The van der Waals surface area contributed by atoms with Gasteiger partial charge in [-0.1, -0.05) is 13.3 Å². The maximum atomic E-state index is 11.9. The van der Waals surface area contributed by atoms with Gasteiger partial charge in [-0.2, -0.15) is 0 Å². The summed E-state index contributed by atoms with van der Waals surface area (Å²) in [6, 6.07) is 5.99. The van der Waals surface area contributed by atoms with Crippen molar-refractivity contribution in [2.24, 2.45) is 0 Å². The summed E-state index contributed by atoms with van der Waals surface area (Å²) in [6.45, 7) is 5.44. The van der Waals surface area contributed by atoms with Crippen LogP contribution in [-0.2, 0) is 4.74 Å². The number of esters is 1. The zero-order valence-electron chi connectivity index (χ0n) is 13.1. The maximum Gasteiger partial charge on any atom is 0.338 e. The third-order valence-electron chi connectivity index (χ3n) is 4.10. The van der Waals surface area contributed by atoms with Crippen molar-refractivity contribution < 1.29 is 9.53 Å². The van der Waals surface area contributed by atoms with E-state index in [4.69, 9.17) is 10.5 Å². The Morgan fingerprint density at radius 1 is 1.38 bits per heavy atom. The minimum absolute atomic E-state index is 0.275. The molecule has 4 nitrogen and oxygen atoms in total. The monoisotopic (exact) mass is 290 g/mol. The second kappa shape index (κ2) is 7.34. The number of hydrogen-bond acceptors (Lipinski definition) is 4. The van der Waals surface area contributed by atoms with Crippen molar-refractivity contribution in [2.45, 2.75) is 52.0 Å². The molecule has 1 aliphatic heterocycles. The molecule has 2 rings (SSSR count). The van der Waals surface area contributed by atoms with Crippen LogP contribution in [0.2, 0.25) is 0 Å². The number of hydrogen-bond donors (Lipinski definition) is 1. The van der Waals surface area contributed by atoms with Gasteiger partial charge in [0.2, 0.25) is 0 Å². The topological polar surface area (TPSA) is 55.6 Å². The smallest absolute Gasteiger partial charge is 0.338 e. The number of rotatable bonds is 5. The van der Waals surface area contributed by atoms with Crippen molar-refractivity contribution >= 4 is 17.3 Å². The maximum absolute atomic E-state index is 11.9. The van der Waals surface area contributed by atoms with Crippen LogP contribution >= 0.6 is 0 Å². The van der Waals surface area contributed by atoms with Crippen LogP contribution in [0.4, 0.5) is 11.4 Å². The summed E-state index contributed by atoms with van der Waals surface area (Å²) in [5.41, 5.74) is 8.47. The lowest BCUT2D eigenvalue weighted by Crippen LogP contribution is -2.40. The minimum Gasteiger partial charge on any atom is -0.462 e. The fraction of sp³-hybridized carbons (Fsp3) is 0.588. The van der Waals surface area contributed by atoms with Crippen molar-refractivity contribution in [3.8, 4) is 0 Å². The van der Waals surface area contributed by atoms with E-state index in [1.54, 1.807) is 6.07 Å². The summed E-state index contributed by atoms with van der Waals surface area (Å²) in [5.74, 6) is -0.275. The Balaban J connectivity index is 2.27. The summed E-state index contributed by atoms with van der Waals surface area (Å²) in [5, 5.41) is 0. The van der Waals surface area contributed by atoms with E-state index in [0.29, 0.717) is 18.2 Å². The van der Waals surface area contributed by atoms with E-state index in [-0.39, 0.29) is 5.97 Å². The standard InChI is InChI=1S/C17H26N2O2/c1-3-7-14-8-5-6-11-19(14)16-12-13(9-10-15(16)18)17(20)21-4-2/h9-10,12,14H,3-8,11,18H2,1-2H3. The molecular formula is C17H26N2O2. The SMILES string of the molecule is CCCC1CCCCN1c1cc(C(=O)OCC)ccc1N. The highest BCUT2D eigenvalue weighted by Gasteiger charge is 2.24. The summed E-state index contributed by atoms with van der Waals surface area (Å²) < 4.78 is 5.09. The first-order chi connectivity index (χ1) is 10.2. The minimum atomic E-state index is -0.275. The number of nitrogens with zero attached hydrogens (tertiary/aromatic N) is 1. The lowest BCUT2D eigenvalue weighted by atomic mass is 9.96. The lowest BCUT2D eigenvalue weighted by Gasteiger charge is -2.38. The van der Waals surface area contributed by atoms with Gasteiger partial charge in [-0.15, -0.1) is 0 Å². The Labute approximate surface area is 127 Å². The van der Waals surface area contributed by atoms with E-state index in [9.17, 15) is 4.79 Å². The number of carbonyl (C=O) groups excluding carboxylic acids is 1. The quantitative estimate of drug-likeness (QED) is 0.665. The fourth-order valence-electron chi connectivity index (χ4n) is 3.08. The van der Waals surface area contributed by atoms with Crippen molar-refractivity contribution in [3.05, 3.63) is 23.8 Å². The second-order valence-electron chi connectivity index (χ2n) is 5.63. The summed E-state index contributed by atoms with van der Waals surface area (Å²) >= 11 is 0. The number of piperidine rings is 1. The Morgan fingerprint density at radius 2 is 2.19 bits per heavy atom. The van der Waals surface area contributed by atoms with Crippen LogP contribution in [0.25, 0.3) is 0 Å². The average Bonchev–Trinajstić information content (AvgIpc) is 2.49. The molecule has 2 N–H and O–H groups in total. The molecule has 116 valence electrons. The van der Waals surface area contributed by atoms with E-state index in [1.165, 1.54) is 32.1 Å². The van der Waals surface area contributed by atoms with Gasteiger partial charge >= 0.3 is 5.97 Å². The van der Waals surface area contributed by atoms with Crippen LogP contribution in [0.3, 0.4) is 0 Å². The van der Waals surface area contributed by atoms with Crippen molar-refractivity contribution in [2.75, 3.05) is 23.8 Å². The molecule has 0 bridgehead atoms. The van der Waals surface area contributed by atoms with Gasteiger partial charge in [0, 0.05) is 12.6 Å². The molecule has 21 heavy (non-hydrogen) atoms. The number of benzene rings is 1. The number of ether oxygens (including phenoxy) is 1. The van der Waals surface area contributed by atoms with E-state index in [0.717, 1.165) is 17.9 Å². The van der Waals surface area contributed by atoms with E-state index in [2.05, 4.69) is 11.8 Å². The molecule has 1 aromatic carbocycles. The van der Waals surface area contributed by atoms with Gasteiger partial charge in [-0.05, 0) is 50.8 Å². The van der Waals surface area contributed by atoms with Gasteiger partial charge in [0.25, 0.3) is 0 Å². The molecule has 1 saturated heterocycles. The van der Waals surface area contributed by atoms with Gasteiger partial charge < -0.3 is 15.4 Å². The van der Waals surface area contributed by atoms with Crippen molar-refractivity contribution in [3.63, 3.8) is 0 Å². The summed E-state index contributed by atoms with van der Waals surface area (Å²) in [7, 11) is 0. The highest BCUT2D eigenvalue weighted by molar-refractivity contribution is 5.92. The van der Waals surface area contributed by atoms with E-state index in [1.807, 2.05) is 19.1 Å². The molecule has 0 aliphatic carbocycles.